The van der Waals surface area contributed by atoms with Gasteiger partial charge in [-0.1, -0.05) is 13.0 Å². The fourth-order valence-electron chi connectivity index (χ4n) is 1.92. The minimum atomic E-state index is -0.0193. The highest BCUT2D eigenvalue weighted by atomic mass is 16.1. The lowest BCUT2D eigenvalue weighted by Crippen LogP contribution is -2.33. The van der Waals surface area contributed by atoms with E-state index in [1.807, 2.05) is 0 Å². The van der Waals surface area contributed by atoms with Crippen molar-refractivity contribution in [3.05, 3.63) is 29.8 Å². The van der Waals surface area contributed by atoms with E-state index >= 15 is 0 Å². The quantitative estimate of drug-likeness (QED) is 0.854. The lowest BCUT2D eigenvalue weighted by Gasteiger charge is -2.24. The van der Waals surface area contributed by atoms with Crippen LogP contribution in [0.4, 0.5) is 5.69 Å². The summed E-state index contributed by atoms with van der Waals surface area (Å²) in [5.41, 5.74) is 1.23. The van der Waals surface area contributed by atoms with E-state index in [1.165, 1.54) is 0 Å². The van der Waals surface area contributed by atoms with Gasteiger partial charge in [0.1, 0.15) is 0 Å². The van der Waals surface area contributed by atoms with Gasteiger partial charge in [0.15, 0.2) is 0 Å². The zero-order chi connectivity index (χ0) is 14.3. The molecule has 1 amide bonds. The van der Waals surface area contributed by atoms with Crippen LogP contribution < -0.4 is 5.32 Å². The Bertz CT molecular complexity index is 463. The number of amides is 1. The molecule has 0 aliphatic heterocycles. The number of nitrogens with one attached hydrogen (secondary N) is 1. The summed E-state index contributed by atoms with van der Waals surface area (Å²) < 4.78 is 0. The van der Waals surface area contributed by atoms with E-state index in [4.69, 9.17) is 5.26 Å². The Morgan fingerprint density at radius 2 is 2.21 bits per heavy atom. The zero-order valence-corrected chi connectivity index (χ0v) is 11.8. The van der Waals surface area contributed by atoms with Crippen molar-refractivity contribution < 1.29 is 4.79 Å². The average Bonchev–Trinajstić information content (AvgIpc) is 2.39. The number of carbonyl (C=O) groups is 1. The summed E-state index contributed by atoms with van der Waals surface area (Å²) in [5, 5.41) is 11.6. The molecule has 0 saturated heterocycles. The second-order valence-corrected chi connectivity index (χ2v) is 4.71. The Kier molecular flexibility index (Phi) is 6.04. The molecule has 1 aromatic rings. The maximum atomic E-state index is 11.8. The van der Waals surface area contributed by atoms with Gasteiger partial charge >= 0.3 is 0 Å². The molecule has 0 radical (unpaired) electrons. The van der Waals surface area contributed by atoms with Crippen LogP contribution in [0.3, 0.4) is 0 Å². The topological polar surface area (TPSA) is 56.1 Å². The first-order chi connectivity index (χ1) is 9.06. The molecule has 0 fully saturated rings. The van der Waals surface area contributed by atoms with Crippen molar-refractivity contribution in [3.8, 4) is 6.07 Å². The van der Waals surface area contributed by atoms with Crippen molar-refractivity contribution in [1.29, 1.82) is 5.26 Å². The molecule has 0 unspecified atom stereocenters. The molecule has 4 nitrogen and oxygen atoms in total. The Morgan fingerprint density at radius 3 is 2.79 bits per heavy atom. The standard InChI is InChI=1S/C15H21N3O/c1-4-18(12(2)3)9-8-15(19)17-14-7-5-6-13(10-14)11-16/h5-7,10,12H,4,8-9H2,1-3H3,(H,17,19). The zero-order valence-electron chi connectivity index (χ0n) is 11.8. The summed E-state index contributed by atoms with van der Waals surface area (Å²) in [4.78, 5) is 14.1. The van der Waals surface area contributed by atoms with Crippen molar-refractivity contribution in [2.24, 2.45) is 0 Å². The van der Waals surface area contributed by atoms with Gasteiger partial charge in [0.2, 0.25) is 5.91 Å². The summed E-state index contributed by atoms with van der Waals surface area (Å²) in [6.45, 7) is 8.02. The average molecular weight is 259 g/mol. The molecular weight excluding hydrogens is 238 g/mol. The van der Waals surface area contributed by atoms with Crippen LogP contribution in [0, 0.1) is 11.3 Å². The van der Waals surface area contributed by atoms with Gasteiger partial charge in [-0.05, 0) is 38.6 Å². The highest BCUT2D eigenvalue weighted by molar-refractivity contribution is 5.90. The molecule has 0 spiro atoms. The van der Waals surface area contributed by atoms with Crippen LogP contribution in [0.5, 0.6) is 0 Å². The van der Waals surface area contributed by atoms with Gasteiger partial charge < -0.3 is 10.2 Å². The van der Waals surface area contributed by atoms with Crippen LogP contribution in [0.25, 0.3) is 0 Å². The lowest BCUT2D eigenvalue weighted by molar-refractivity contribution is -0.116. The van der Waals surface area contributed by atoms with Crippen LogP contribution in [0.1, 0.15) is 32.8 Å². The molecule has 0 atom stereocenters. The third-order valence-corrected chi connectivity index (χ3v) is 3.04. The molecule has 0 aromatic heterocycles. The van der Waals surface area contributed by atoms with E-state index in [0.717, 1.165) is 13.1 Å². The second kappa shape index (κ2) is 7.55. The van der Waals surface area contributed by atoms with Gasteiger partial charge in [-0.25, -0.2) is 0 Å². The monoisotopic (exact) mass is 259 g/mol. The van der Waals surface area contributed by atoms with Crippen LogP contribution in [-0.4, -0.2) is 29.9 Å². The molecule has 0 heterocycles. The Morgan fingerprint density at radius 1 is 1.47 bits per heavy atom. The van der Waals surface area contributed by atoms with E-state index in [-0.39, 0.29) is 5.91 Å². The summed E-state index contributed by atoms with van der Waals surface area (Å²) in [7, 11) is 0. The van der Waals surface area contributed by atoms with Crippen LogP contribution in [-0.2, 0) is 4.79 Å². The third kappa shape index (κ3) is 5.11. The lowest BCUT2D eigenvalue weighted by atomic mass is 10.2. The summed E-state index contributed by atoms with van der Waals surface area (Å²) >= 11 is 0. The van der Waals surface area contributed by atoms with Crippen molar-refractivity contribution >= 4 is 11.6 Å². The van der Waals surface area contributed by atoms with Gasteiger partial charge in [0.25, 0.3) is 0 Å². The van der Waals surface area contributed by atoms with Gasteiger partial charge in [0.05, 0.1) is 11.6 Å². The number of hydrogen-bond donors (Lipinski definition) is 1. The van der Waals surface area contributed by atoms with Crippen molar-refractivity contribution in [2.75, 3.05) is 18.4 Å². The molecule has 19 heavy (non-hydrogen) atoms. The van der Waals surface area contributed by atoms with E-state index in [0.29, 0.717) is 23.7 Å². The van der Waals surface area contributed by atoms with Crippen molar-refractivity contribution in [3.63, 3.8) is 0 Å². The number of benzene rings is 1. The van der Waals surface area contributed by atoms with Gasteiger partial charge in [-0.15, -0.1) is 0 Å². The highest BCUT2D eigenvalue weighted by Gasteiger charge is 2.09. The first kappa shape index (κ1) is 15.2. The van der Waals surface area contributed by atoms with Crippen molar-refractivity contribution in [1.82, 2.24) is 4.90 Å². The fraction of sp³-hybridized carbons (Fsp3) is 0.467. The molecule has 4 heteroatoms. The normalized spacial score (nSPS) is 10.5. The van der Waals surface area contributed by atoms with Gasteiger partial charge in [0, 0.05) is 24.7 Å². The highest BCUT2D eigenvalue weighted by Crippen LogP contribution is 2.10. The molecule has 1 aromatic carbocycles. The molecule has 0 bridgehead atoms. The Hall–Kier alpha value is -1.86. The van der Waals surface area contributed by atoms with Crippen molar-refractivity contribution in [2.45, 2.75) is 33.2 Å². The number of nitriles is 1. The maximum Gasteiger partial charge on any atom is 0.225 e. The SMILES string of the molecule is CCN(CCC(=O)Nc1cccc(C#N)c1)C(C)C. The van der Waals surface area contributed by atoms with E-state index in [1.54, 1.807) is 24.3 Å². The maximum absolute atomic E-state index is 11.8. The minimum Gasteiger partial charge on any atom is -0.326 e. The van der Waals surface area contributed by atoms with E-state index in [9.17, 15) is 4.79 Å². The molecule has 0 aliphatic carbocycles. The molecule has 1 rings (SSSR count). The van der Waals surface area contributed by atoms with E-state index < -0.39 is 0 Å². The number of carbonyl (C=O) groups excluding carboxylic acids is 1. The smallest absolute Gasteiger partial charge is 0.225 e. The van der Waals surface area contributed by atoms with Crippen LogP contribution in [0.2, 0.25) is 0 Å². The number of nitrogens with zero attached hydrogens (tertiary/aromatic N) is 2. The van der Waals surface area contributed by atoms with Crippen LogP contribution in [0.15, 0.2) is 24.3 Å². The molecule has 0 saturated carbocycles. The first-order valence-corrected chi connectivity index (χ1v) is 6.61. The molecule has 0 aliphatic rings. The predicted octanol–water partition coefficient (Wildman–Crippen LogP) is 2.62. The minimum absolute atomic E-state index is 0.0193. The Labute approximate surface area is 115 Å². The van der Waals surface area contributed by atoms with E-state index in [2.05, 4.69) is 37.1 Å². The second-order valence-electron chi connectivity index (χ2n) is 4.71. The Balaban J connectivity index is 2.49. The summed E-state index contributed by atoms with van der Waals surface area (Å²) in [5.74, 6) is -0.0193. The molecule has 102 valence electrons. The molecular formula is C15H21N3O. The number of anilines is 1. The van der Waals surface area contributed by atoms with Gasteiger partial charge in [-0.3, -0.25) is 4.79 Å². The molecule has 1 N–H and O–H groups in total. The largest absolute Gasteiger partial charge is 0.326 e. The third-order valence-electron chi connectivity index (χ3n) is 3.04. The van der Waals surface area contributed by atoms with Gasteiger partial charge in [-0.2, -0.15) is 5.26 Å². The number of hydrogen-bond acceptors (Lipinski definition) is 3. The first-order valence-electron chi connectivity index (χ1n) is 6.61. The number of rotatable bonds is 6. The fourth-order valence-corrected chi connectivity index (χ4v) is 1.92. The summed E-state index contributed by atoms with van der Waals surface area (Å²) in [6.07, 6.45) is 0.461. The summed E-state index contributed by atoms with van der Waals surface area (Å²) in [6, 6.07) is 9.45. The van der Waals surface area contributed by atoms with Crippen LogP contribution >= 0.6 is 0 Å². The predicted molar refractivity (Wildman–Crippen MR) is 76.8 cm³/mol.